The molecule has 1 aromatic heterocycles. The van der Waals surface area contributed by atoms with Gasteiger partial charge in [0.1, 0.15) is 0 Å². The van der Waals surface area contributed by atoms with Gasteiger partial charge in [-0.15, -0.1) is 0 Å². The first kappa shape index (κ1) is 12.1. The molecule has 2 N–H and O–H groups in total. The smallest absolute Gasteiger partial charge is 0.0673 e. The van der Waals surface area contributed by atoms with Gasteiger partial charge in [-0.25, -0.2) is 0 Å². The lowest BCUT2D eigenvalue weighted by atomic mass is 10.1. The van der Waals surface area contributed by atoms with Crippen LogP contribution >= 0.6 is 11.6 Å². The van der Waals surface area contributed by atoms with E-state index in [4.69, 9.17) is 17.3 Å². The molecule has 0 aliphatic rings. The third kappa shape index (κ3) is 3.32. The molecule has 1 unspecified atom stereocenters. The normalized spacial score (nSPS) is 12.6. The molecule has 0 saturated heterocycles. The Kier molecular flexibility index (Phi) is 3.82. The van der Waals surface area contributed by atoms with Gasteiger partial charge in [0, 0.05) is 17.3 Å². The predicted octanol–water partition coefficient (Wildman–Crippen LogP) is 2.47. The van der Waals surface area contributed by atoms with Gasteiger partial charge in [0.05, 0.1) is 12.7 Å². The van der Waals surface area contributed by atoms with Crippen molar-refractivity contribution in [1.29, 1.82) is 0 Å². The van der Waals surface area contributed by atoms with Crippen molar-refractivity contribution in [1.82, 2.24) is 9.78 Å². The monoisotopic (exact) mass is 249 g/mol. The molecule has 0 spiro atoms. The third-order valence-electron chi connectivity index (χ3n) is 2.53. The van der Waals surface area contributed by atoms with E-state index in [0.29, 0.717) is 6.54 Å². The summed E-state index contributed by atoms with van der Waals surface area (Å²) in [6.45, 7) is 2.68. The molecule has 90 valence electrons. The summed E-state index contributed by atoms with van der Waals surface area (Å²) in [4.78, 5) is 0. The van der Waals surface area contributed by atoms with Crippen LogP contribution in [0.25, 0.3) is 0 Å². The fourth-order valence-electron chi connectivity index (χ4n) is 1.77. The van der Waals surface area contributed by atoms with E-state index >= 15 is 0 Å². The Morgan fingerprint density at radius 1 is 1.41 bits per heavy atom. The zero-order valence-electron chi connectivity index (χ0n) is 9.81. The molecule has 0 bridgehead atoms. The quantitative estimate of drug-likeness (QED) is 0.905. The fourth-order valence-corrected chi connectivity index (χ4v) is 1.97. The number of aromatic nitrogens is 2. The molecular formula is C13H16ClN3. The molecule has 0 saturated carbocycles. The summed E-state index contributed by atoms with van der Waals surface area (Å²) in [6, 6.07) is 7.97. The zero-order valence-corrected chi connectivity index (χ0v) is 10.6. The largest absolute Gasteiger partial charge is 0.328 e. The molecule has 17 heavy (non-hydrogen) atoms. The molecular weight excluding hydrogens is 234 g/mol. The second kappa shape index (κ2) is 5.34. The van der Waals surface area contributed by atoms with Crippen molar-refractivity contribution in [3.05, 3.63) is 52.8 Å². The van der Waals surface area contributed by atoms with Crippen LogP contribution in [0.4, 0.5) is 0 Å². The zero-order chi connectivity index (χ0) is 12.3. The van der Waals surface area contributed by atoms with Crippen molar-refractivity contribution in [2.24, 2.45) is 5.73 Å². The standard InChI is InChI=1S/C13H16ClN3/c1-10(15)6-11-7-16-17(8-11)9-12-4-2-3-5-13(12)14/h2-5,7-8,10H,6,9,15H2,1H3. The maximum Gasteiger partial charge on any atom is 0.0673 e. The van der Waals surface area contributed by atoms with E-state index in [1.165, 1.54) is 0 Å². The van der Waals surface area contributed by atoms with Crippen LogP contribution in [0.1, 0.15) is 18.1 Å². The third-order valence-corrected chi connectivity index (χ3v) is 2.90. The van der Waals surface area contributed by atoms with E-state index < -0.39 is 0 Å². The van der Waals surface area contributed by atoms with Gasteiger partial charge in [-0.1, -0.05) is 29.8 Å². The predicted molar refractivity (Wildman–Crippen MR) is 70.1 cm³/mol. The maximum absolute atomic E-state index is 6.10. The number of benzene rings is 1. The van der Waals surface area contributed by atoms with Gasteiger partial charge < -0.3 is 5.73 Å². The molecule has 2 rings (SSSR count). The van der Waals surface area contributed by atoms with Crippen molar-refractivity contribution >= 4 is 11.6 Å². The minimum absolute atomic E-state index is 0.160. The lowest BCUT2D eigenvalue weighted by Gasteiger charge is -2.04. The molecule has 0 fully saturated rings. The lowest BCUT2D eigenvalue weighted by molar-refractivity contribution is 0.684. The second-order valence-corrected chi connectivity index (χ2v) is 4.73. The summed E-state index contributed by atoms with van der Waals surface area (Å²) in [5, 5.41) is 5.08. The Balaban J connectivity index is 2.09. The molecule has 0 aliphatic heterocycles. The van der Waals surface area contributed by atoms with Crippen LogP contribution < -0.4 is 5.73 Å². The summed E-state index contributed by atoms with van der Waals surface area (Å²) >= 11 is 6.10. The lowest BCUT2D eigenvalue weighted by Crippen LogP contribution is -2.17. The highest BCUT2D eigenvalue weighted by Gasteiger charge is 2.04. The van der Waals surface area contributed by atoms with Crippen molar-refractivity contribution < 1.29 is 0 Å². The first-order valence-corrected chi connectivity index (χ1v) is 6.03. The molecule has 0 aliphatic carbocycles. The Morgan fingerprint density at radius 3 is 2.88 bits per heavy atom. The minimum atomic E-state index is 0.160. The molecule has 1 aromatic carbocycles. The number of nitrogens with zero attached hydrogens (tertiary/aromatic N) is 2. The number of halogens is 1. The van der Waals surface area contributed by atoms with Crippen LogP contribution in [0.2, 0.25) is 5.02 Å². The van der Waals surface area contributed by atoms with Gasteiger partial charge in [0.25, 0.3) is 0 Å². The summed E-state index contributed by atoms with van der Waals surface area (Å²) < 4.78 is 1.89. The Hall–Kier alpha value is -1.32. The average molecular weight is 250 g/mol. The number of hydrogen-bond acceptors (Lipinski definition) is 2. The Morgan fingerprint density at radius 2 is 2.18 bits per heavy atom. The molecule has 3 nitrogen and oxygen atoms in total. The van der Waals surface area contributed by atoms with Crippen LogP contribution in [0, 0.1) is 0 Å². The topological polar surface area (TPSA) is 43.8 Å². The molecule has 2 aromatic rings. The highest BCUT2D eigenvalue weighted by Crippen LogP contribution is 2.16. The molecule has 0 amide bonds. The molecule has 4 heteroatoms. The first-order chi connectivity index (χ1) is 8.15. The van der Waals surface area contributed by atoms with Gasteiger partial charge in [-0.05, 0) is 30.5 Å². The van der Waals surface area contributed by atoms with Crippen LogP contribution in [-0.4, -0.2) is 15.8 Å². The van der Waals surface area contributed by atoms with Gasteiger partial charge >= 0.3 is 0 Å². The maximum atomic E-state index is 6.10. The number of hydrogen-bond donors (Lipinski definition) is 1. The van der Waals surface area contributed by atoms with Crippen LogP contribution in [-0.2, 0) is 13.0 Å². The van der Waals surface area contributed by atoms with E-state index in [2.05, 4.69) is 5.10 Å². The van der Waals surface area contributed by atoms with Crippen molar-refractivity contribution in [3.8, 4) is 0 Å². The molecule has 1 heterocycles. The van der Waals surface area contributed by atoms with E-state index in [9.17, 15) is 0 Å². The fraction of sp³-hybridized carbons (Fsp3) is 0.308. The van der Waals surface area contributed by atoms with E-state index in [1.54, 1.807) is 0 Å². The SMILES string of the molecule is CC(N)Cc1cnn(Cc2ccccc2Cl)c1. The van der Waals surface area contributed by atoms with Crippen LogP contribution in [0.3, 0.4) is 0 Å². The van der Waals surface area contributed by atoms with Crippen LogP contribution in [0.15, 0.2) is 36.7 Å². The minimum Gasteiger partial charge on any atom is -0.328 e. The summed E-state index contributed by atoms with van der Waals surface area (Å²) in [5.41, 5.74) is 7.99. The highest BCUT2D eigenvalue weighted by atomic mass is 35.5. The Bertz CT molecular complexity index is 491. The average Bonchev–Trinajstić information content (AvgIpc) is 2.68. The summed E-state index contributed by atoms with van der Waals surface area (Å²) in [7, 11) is 0. The number of nitrogens with two attached hydrogens (primary N) is 1. The number of rotatable bonds is 4. The van der Waals surface area contributed by atoms with Crippen molar-refractivity contribution in [2.75, 3.05) is 0 Å². The summed E-state index contributed by atoms with van der Waals surface area (Å²) in [5.74, 6) is 0. The molecule has 0 radical (unpaired) electrons. The Labute approximate surface area is 106 Å². The highest BCUT2D eigenvalue weighted by molar-refractivity contribution is 6.31. The van der Waals surface area contributed by atoms with E-state index in [-0.39, 0.29) is 6.04 Å². The second-order valence-electron chi connectivity index (χ2n) is 4.32. The summed E-state index contributed by atoms with van der Waals surface area (Å²) in [6.07, 6.45) is 4.73. The van der Waals surface area contributed by atoms with Gasteiger partial charge in [-0.3, -0.25) is 4.68 Å². The van der Waals surface area contributed by atoms with Crippen LogP contribution in [0.5, 0.6) is 0 Å². The van der Waals surface area contributed by atoms with Gasteiger partial charge in [0.15, 0.2) is 0 Å². The van der Waals surface area contributed by atoms with Crippen molar-refractivity contribution in [3.63, 3.8) is 0 Å². The van der Waals surface area contributed by atoms with Gasteiger partial charge in [-0.2, -0.15) is 5.10 Å². The van der Waals surface area contributed by atoms with Gasteiger partial charge in [0.2, 0.25) is 0 Å². The van der Waals surface area contributed by atoms with Crippen molar-refractivity contribution in [2.45, 2.75) is 25.9 Å². The van der Waals surface area contributed by atoms with E-state index in [0.717, 1.165) is 22.6 Å². The molecule has 1 atom stereocenters. The first-order valence-electron chi connectivity index (χ1n) is 5.65. The van der Waals surface area contributed by atoms with E-state index in [1.807, 2.05) is 48.3 Å².